The second kappa shape index (κ2) is 5.44. The van der Waals surface area contributed by atoms with Gasteiger partial charge in [0.2, 0.25) is 0 Å². The van der Waals surface area contributed by atoms with E-state index in [-0.39, 0.29) is 0 Å². The third kappa shape index (κ3) is 4.31. The number of nitrogens with one attached hydrogen (secondary N) is 1. The van der Waals surface area contributed by atoms with Crippen LogP contribution in [0.25, 0.3) is 0 Å². The van der Waals surface area contributed by atoms with Crippen LogP contribution in [-0.4, -0.2) is 16.1 Å². The van der Waals surface area contributed by atoms with Crippen LogP contribution in [0.2, 0.25) is 5.02 Å². The lowest BCUT2D eigenvalue weighted by Crippen LogP contribution is -2.21. The van der Waals surface area contributed by atoms with Gasteiger partial charge in [0.1, 0.15) is 6.04 Å². The molecule has 0 fully saturated rings. The van der Waals surface area contributed by atoms with Crippen LogP contribution in [0.5, 0.6) is 0 Å². The van der Waals surface area contributed by atoms with Crippen molar-refractivity contribution in [2.45, 2.75) is 6.04 Å². The second-order valence-electron chi connectivity index (χ2n) is 3.14. The lowest BCUT2D eigenvalue weighted by Gasteiger charge is -2.12. The monoisotopic (exact) mass is 260 g/mol. The molecule has 0 heterocycles. The van der Waals surface area contributed by atoms with Crippen molar-refractivity contribution >= 4 is 19.2 Å². The second-order valence-corrected chi connectivity index (χ2v) is 5.22. The van der Waals surface area contributed by atoms with Crippen molar-refractivity contribution in [3.05, 3.63) is 34.9 Å². The van der Waals surface area contributed by atoms with Gasteiger partial charge in [-0.3, -0.25) is 9.88 Å². The normalized spacial score (nSPS) is 13.1. The van der Waals surface area contributed by atoms with Crippen molar-refractivity contribution in [2.75, 3.05) is 6.29 Å². The number of rotatable bonds is 4. The van der Waals surface area contributed by atoms with Gasteiger partial charge >= 0.3 is 7.60 Å². The maximum Gasteiger partial charge on any atom is 0.339 e. The molecular formula is C9H10ClN2O3P. The summed E-state index contributed by atoms with van der Waals surface area (Å²) in [5, 5.41) is 11.9. The zero-order valence-electron chi connectivity index (χ0n) is 8.17. The van der Waals surface area contributed by atoms with E-state index in [0.29, 0.717) is 10.6 Å². The van der Waals surface area contributed by atoms with E-state index in [2.05, 4.69) is 5.32 Å². The summed E-state index contributed by atoms with van der Waals surface area (Å²) < 4.78 is 10.6. The van der Waals surface area contributed by atoms with Gasteiger partial charge in [-0.2, -0.15) is 5.26 Å². The smallest absolute Gasteiger partial charge is 0.324 e. The first kappa shape index (κ1) is 13.2. The molecule has 1 aromatic carbocycles. The lowest BCUT2D eigenvalue weighted by atomic mass is 10.1. The zero-order chi connectivity index (χ0) is 12.2. The summed E-state index contributed by atoms with van der Waals surface area (Å²) in [5.74, 6) is 0. The highest BCUT2D eigenvalue weighted by molar-refractivity contribution is 7.51. The van der Waals surface area contributed by atoms with Gasteiger partial charge in [-0.1, -0.05) is 23.7 Å². The van der Waals surface area contributed by atoms with Crippen LogP contribution in [0.15, 0.2) is 24.3 Å². The first-order valence-electron chi connectivity index (χ1n) is 4.35. The van der Waals surface area contributed by atoms with Gasteiger partial charge < -0.3 is 9.79 Å². The van der Waals surface area contributed by atoms with E-state index in [1.54, 1.807) is 24.3 Å². The molecule has 16 heavy (non-hydrogen) atoms. The number of halogens is 1. The maximum atomic E-state index is 10.6. The first-order chi connectivity index (χ1) is 7.42. The summed E-state index contributed by atoms with van der Waals surface area (Å²) in [6, 6.07) is 7.63. The Morgan fingerprint density at radius 3 is 2.44 bits per heavy atom. The summed E-state index contributed by atoms with van der Waals surface area (Å²) in [4.78, 5) is 17.3. The quantitative estimate of drug-likeness (QED) is 0.716. The topological polar surface area (TPSA) is 93.4 Å². The van der Waals surface area contributed by atoms with Crippen LogP contribution in [0.1, 0.15) is 11.6 Å². The van der Waals surface area contributed by atoms with Crippen molar-refractivity contribution in [3.63, 3.8) is 0 Å². The average molecular weight is 261 g/mol. The minimum Gasteiger partial charge on any atom is -0.324 e. The molecule has 0 aromatic heterocycles. The predicted molar refractivity (Wildman–Crippen MR) is 59.9 cm³/mol. The van der Waals surface area contributed by atoms with E-state index < -0.39 is 19.9 Å². The van der Waals surface area contributed by atoms with Gasteiger partial charge in [0.15, 0.2) is 0 Å². The Morgan fingerprint density at radius 1 is 1.44 bits per heavy atom. The van der Waals surface area contributed by atoms with Gasteiger partial charge in [-0.25, -0.2) is 0 Å². The van der Waals surface area contributed by atoms with E-state index in [4.69, 9.17) is 26.6 Å². The van der Waals surface area contributed by atoms with Crippen LogP contribution >= 0.6 is 19.2 Å². The van der Waals surface area contributed by atoms with Crippen LogP contribution in [0.3, 0.4) is 0 Å². The summed E-state index contributed by atoms with van der Waals surface area (Å²) in [5.41, 5.74) is 0.611. The minimum atomic E-state index is -4.15. The van der Waals surface area contributed by atoms with E-state index in [0.717, 1.165) is 0 Å². The number of nitrogens with zero attached hydrogens (tertiary/aromatic N) is 1. The Kier molecular flexibility index (Phi) is 4.48. The largest absolute Gasteiger partial charge is 0.339 e. The molecular weight excluding hydrogens is 251 g/mol. The average Bonchev–Trinajstić information content (AvgIpc) is 2.20. The van der Waals surface area contributed by atoms with Crippen molar-refractivity contribution in [1.29, 1.82) is 5.26 Å². The highest BCUT2D eigenvalue weighted by Gasteiger charge is 2.17. The Balaban J connectivity index is 2.73. The Morgan fingerprint density at radius 2 is 2.00 bits per heavy atom. The van der Waals surface area contributed by atoms with Crippen molar-refractivity contribution in [3.8, 4) is 6.07 Å². The molecule has 0 radical (unpaired) electrons. The highest BCUT2D eigenvalue weighted by atomic mass is 35.5. The van der Waals surface area contributed by atoms with Crippen molar-refractivity contribution in [2.24, 2.45) is 0 Å². The summed E-state index contributed by atoms with van der Waals surface area (Å²) in [7, 11) is -4.15. The fourth-order valence-electron chi connectivity index (χ4n) is 1.10. The Hall–Kier alpha value is -0.890. The summed E-state index contributed by atoms with van der Waals surface area (Å²) in [6.45, 7) is 0. The molecule has 0 bridgehead atoms. The Bertz CT molecular complexity index is 437. The third-order valence-corrected chi connectivity index (χ3v) is 2.68. The fraction of sp³-hybridized carbons (Fsp3) is 0.222. The SMILES string of the molecule is N#CC(NCP(=O)(O)O)c1ccc(Cl)cc1. The molecule has 1 unspecified atom stereocenters. The first-order valence-corrected chi connectivity index (χ1v) is 6.53. The van der Waals surface area contributed by atoms with Crippen molar-refractivity contribution in [1.82, 2.24) is 5.32 Å². The van der Waals surface area contributed by atoms with E-state index in [1.165, 1.54) is 0 Å². The number of hydrogen-bond acceptors (Lipinski definition) is 3. The van der Waals surface area contributed by atoms with Crippen LogP contribution in [0, 0.1) is 11.3 Å². The van der Waals surface area contributed by atoms with Gasteiger partial charge in [-0.15, -0.1) is 0 Å². The maximum absolute atomic E-state index is 10.6. The molecule has 0 aliphatic heterocycles. The van der Waals surface area contributed by atoms with Crippen LogP contribution in [-0.2, 0) is 4.57 Å². The summed E-state index contributed by atoms with van der Waals surface area (Å²) in [6.07, 6.45) is -0.534. The molecule has 0 saturated carbocycles. The third-order valence-electron chi connectivity index (χ3n) is 1.83. The van der Waals surface area contributed by atoms with E-state index in [9.17, 15) is 4.57 Å². The summed E-state index contributed by atoms with van der Waals surface area (Å²) >= 11 is 5.68. The molecule has 1 atom stereocenters. The van der Waals surface area contributed by atoms with E-state index >= 15 is 0 Å². The fourth-order valence-corrected chi connectivity index (χ4v) is 1.65. The predicted octanol–water partition coefficient (Wildman–Crippen LogP) is 1.63. The molecule has 5 nitrogen and oxygen atoms in total. The highest BCUT2D eigenvalue weighted by Crippen LogP contribution is 2.33. The molecule has 1 aromatic rings. The molecule has 0 amide bonds. The van der Waals surface area contributed by atoms with Gasteiger partial charge in [-0.05, 0) is 17.7 Å². The molecule has 0 saturated heterocycles. The lowest BCUT2D eigenvalue weighted by molar-refractivity contribution is 0.366. The van der Waals surface area contributed by atoms with Crippen LogP contribution < -0.4 is 5.32 Å². The standard InChI is InChI=1S/C9H10ClN2O3P/c10-8-3-1-7(2-4-8)9(5-11)12-6-16(13,14)15/h1-4,9,12H,6H2,(H2,13,14,15). The van der Waals surface area contributed by atoms with Crippen LogP contribution in [0.4, 0.5) is 0 Å². The van der Waals surface area contributed by atoms with Crippen molar-refractivity contribution < 1.29 is 14.4 Å². The number of benzene rings is 1. The molecule has 86 valence electrons. The van der Waals surface area contributed by atoms with Gasteiger partial charge in [0.05, 0.1) is 12.4 Å². The minimum absolute atomic E-state index is 0.534. The number of hydrogen-bond donors (Lipinski definition) is 3. The molecule has 0 spiro atoms. The molecule has 0 aliphatic carbocycles. The molecule has 7 heteroatoms. The zero-order valence-corrected chi connectivity index (χ0v) is 9.82. The molecule has 1 rings (SSSR count). The molecule has 3 N–H and O–H groups in total. The van der Waals surface area contributed by atoms with Gasteiger partial charge in [0.25, 0.3) is 0 Å². The Labute approximate surface area is 97.8 Å². The van der Waals surface area contributed by atoms with E-state index in [1.807, 2.05) is 6.07 Å². The van der Waals surface area contributed by atoms with Gasteiger partial charge in [0, 0.05) is 5.02 Å². The molecule has 0 aliphatic rings. The number of nitriles is 1.